The van der Waals surface area contributed by atoms with E-state index in [4.69, 9.17) is 29.3 Å². The van der Waals surface area contributed by atoms with Gasteiger partial charge in [-0.05, 0) is 0 Å². The molecule has 13 heavy (non-hydrogen) atoms. The molecule has 0 saturated heterocycles. The maximum atomic E-state index is 5.18. The first-order chi connectivity index (χ1) is 6.25. The van der Waals surface area contributed by atoms with E-state index < -0.39 is 0 Å². The Morgan fingerprint density at radius 2 is 1.54 bits per heavy atom. The second kappa shape index (κ2) is 3.14. The van der Waals surface area contributed by atoms with Crippen LogP contribution < -0.4 is 0 Å². The van der Waals surface area contributed by atoms with Crippen LogP contribution in [0.3, 0.4) is 0 Å². The van der Waals surface area contributed by atoms with Crippen LogP contribution in [-0.4, -0.2) is 22.2 Å². The van der Waals surface area contributed by atoms with Gasteiger partial charge in [-0.15, -0.1) is 0 Å². The predicted octanol–water partition coefficient (Wildman–Crippen LogP) is 1.91. The van der Waals surface area contributed by atoms with Gasteiger partial charge in [-0.1, -0.05) is 48.7 Å². The Labute approximate surface area is 87.1 Å². The number of hydrogen-bond acceptors (Lipinski definition) is 3. The van der Waals surface area contributed by atoms with Crippen LogP contribution in [-0.2, 0) is 4.84 Å². The molecule has 2 nitrogen and oxygen atoms in total. The van der Waals surface area contributed by atoms with Crippen molar-refractivity contribution in [3.05, 3.63) is 35.4 Å². The lowest BCUT2D eigenvalue weighted by Crippen LogP contribution is -2.26. The summed E-state index contributed by atoms with van der Waals surface area (Å²) >= 11 is 10.4. The molecule has 0 aromatic heterocycles. The minimum absolute atomic E-state index is 0.642. The molecule has 1 aromatic rings. The highest BCUT2D eigenvalue weighted by molar-refractivity contribution is 7.82. The van der Waals surface area contributed by atoms with E-state index in [0.717, 1.165) is 11.1 Å². The fraction of sp³-hybridized carbons (Fsp3) is 0.111. The number of hydroxylamine groups is 2. The maximum absolute atomic E-state index is 5.18. The second-order valence-electron chi connectivity index (χ2n) is 2.63. The molecule has 2 rings (SSSR count). The highest BCUT2D eigenvalue weighted by atomic mass is 32.1. The molecule has 4 heteroatoms. The average molecular weight is 209 g/mol. The molecule has 0 bridgehead atoms. The number of thiocarbonyl (C=S) groups is 2. The van der Waals surface area contributed by atoms with Gasteiger partial charge in [0.25, 0.3) is 0 Å². The minimum Gasteiger partial charge on any atom is -0.270 e. The Hall–Kier alpha value is -0.840. The van der Waals surface area contributed by atoms with Gasteiger partial charge in [0, 0.05) is 11.1 Å². The highest BCUT2D eigenvalue weighted by Gasteiger charge is 2.28. The van der Waals surface area contributed by atoms with Gasteiger partial charge >= 0.3 is 0 Å². The number of benzene rings is 1. The van der Waals surface area contributed by atoms with Gasteiger partial charge < -0.3 is 0 Å². The fourth-order valence-electron chi connectivity index (χ4n) is 1.33. The summed E-state index contributed by atoms with van der Waals surface area (Å²) in [5.74, 6) is 0. The van der Waals surface area contributed by atoms with Crippen LogP contribution in [0.1, 0.15) is 11.1 Å². The van der Waals surface area contributed by atoms with Gasteiger partial charge in [0.15, 0.2) is 0 Å². The third-order valence-corrected chi connectivity index (χ3v) is 2.71. The first-order valence-corrected chi connectivity index (χ1v) is 4.59. The standard InChI is InChI=1S/C9H7NOS2/c1-11-10-8(12)6-4-2-3-5-7(6)9(10)13/h2-5H,1H3. The summed E-state index contributed by atoms with van der Waals surface area (Å²) in [6.45, 7) is 0. The molecule has 1 heterocycles. The van der Waals surface area contributed by atoms with E-state index in [-0.39, 0.29) is 0 Å². The summed E-state index contributed by atoms with van der Waals surface area (Å²) in [4.78, 5) is 6.35. The highest BCUT2D eigenvalue weighted by Crippen LogP contribution is 2.23. The van der Waals surface area contributed by atoms with Crippen molar-refractivity contribution >= 4 is 34.4 Å². The van der Waals surface area contributed by atoms with Gasteiger partial charge in [-0.25, -0.2) is 0 Å². The molecule has 0 unspecified atom stereocenters. The van der Waals surface area contributed by atoms with Crippen LogP contribution in [0, 0.1) is 0 Å². The molecule has 1 aliphatic rings. The molecule has 0 spiro atoms. The number of rotatable bonds is 1. The molecule has 0 radical (unpaired) electrons. The molecule has 0 aliphatic carbocycles. The summed E-state index contributed by atoms with van der Waals surface area (Å²) < 4.78 is 0. The van der Waals surface area contributed by atoms with Crippen molar-refractivity contribution in [3.8, 4) is 0 Å². The number of nitrogens with zero attached hydrogens (tertiary/aromatic N) is 1. The molecule has 0 saturated carbocycles. The van der Waals surface area contributed by atoms with Crippen LogP contribution in [0.4, 0.5) is 0 Å². The smallest absolute Gasteiger partial charge is 0.141 e. The van der Waals surface area contributed by atoms with Crippen molar-refractivity contribution in [3.63, 3.8) is 0 Å². The summed E-state index contributed by atoms with van der Waals surface area (Å²) in [5.41, 5.74) is 1.95. The monoisotopic (exact) mass is 209 g/mol. The van der Waals surface area contributed by atoms with Crippen LogP contribution in [0.5, 0.6) is 0 Å². The Kier molecular flexibility index (Phi) is 2.11. The van der Waals surface area contributed by atoms with Crippen molar-refractivity contribution in [2.75, 3.05) is 7.11 Å². The van der Waals surface area contributed by atoms with E-state index in [0.29, 0.717) is 9.98 Å². The Bertz CT molecular complexity index is 354. The largest absolute Gasteiger partial charge is 0.270 e. The molecule has 0 N–H and O–H groups in total. The zero-order valence-electron chi connectivity index (χ0n) is 6.98. The van der Waals surface area contributed by atoms with Crippen LogP contribution in [0.25, 0.3) is 0 Å². The summed E-state index contributed by atoms with van der Waals surface area (Å²) in [5, 5.41) is 1.50. The van der Waals surface area contributed by atoms with Gasteiger partial charge in [0.2, 0.25) is 0 Å². The minimum atomic E-state index is 0.642. The molecule has 0 fully saturated rings. The molecular weight excluding hydrogens is 202 g/mol. The Morgan fingerprint density at radius 1 is 1.08 bits per heavy atom. The van der Waals surface area contributed by atoms with E-state index in [1.54, 1.807) is 7.11 Å². The molecule has 0 atom stereocenters. The van der Waals surface area contributed by atoms with Crippen molar-refractivity contribution < 1.29 is 4.84 Å². The Morgan fingerprint density at radius 3 is 1.92 bits per heavy atom. The SMILES string of the molecule is CON1C(=S)c2ccccc2C1=S. The fourth-order valence-corrected chi connectivity index (χ4v) is 2.08. The van der Waals surface area contributed by atoms with Crippen molar-refractivity contribution in [1.29, 1.82) is 0 Å². The first kappa shape index (κ1) is 8.74. The second-order valence-corrected chi connectivity index (χ2v) is 3.41. The van der Waals surface area contributed by atoms with E-state index in [9.17, 15) is 0 Å². The number of fused-ring (bicyclic) bond motifs is 1. The quantitative estimate of drug-likeness (QED) is 0.655. The molecule has 0 amide bonds. The van der Waals surface area contributed by atoms with E-state index >= 15 is 0 Å². The van der Waals surface area contributed by atoms with E-state index in [1.165, 1.54) is 5.06 Å². The van der Waals surface area contributed by atoms with Crippen LogP contribution in [0.15, 0.2) is 24.3 Å². The van der Waals surface area contributed by atoms with Gasteiger partial charge in [0.1, 0.15) is 9.98 Å². The van der Waals surface area contributed by atoms with Crippen LogP contribution >= 0.6 is 24.4 Å². The van der Waals surface area contributed by atoms with Crippen molar-refractivity contribution in [1.82, 2.24) is 5.06 Å². The van der Waals surface area contributed by atoms with Crippen molar-refractivity contribution in [2.24, 2.45) is 0 Å². The first-order valence-electron chi connectivity index (χ1n) is 3.77. The third kappa shape index (κ3) is 1.18. The normalized spacial score (nSPS) is 15.0. The van der Waals surface area contributed by atoms with Crippen LogP contribution in [0.2, 0.25) is 0 Å². The summed E-state index contributed by atoms with van der Waals surface area (Å²) in [7, 11) is 1.56. The molecule has 1 aliphatic heterocycles. The number of hydrogen-bond donors (Lipinski definition) is 0. The lowest BCUT2D eigenvalue weighted by atomic mass is 10.1. The van der Waals surface area contributed by atoms with E-state index in [1.807, 2.05) is 24.3 Å². The topological polar surface area (TPSA) is 12.5 Å². The predicted molar refractivity (Wildman–Crippen MR) is 58.7 cm³/mol. The zero-order valence-corrected chi connectivity index (χ0v) is 8.61. The molecular formula is C9H7NOS2. The summed E-state index contributed by atoms with van der Waals surface area (Å²) in [6, 6.07) is 7.77. The zero-order chi connectivity index (χ0) is 9.42. The van der Waals surface area contributed by atoms with Gasteiger partial charge in [-0.2, -0.15) is 5.06 Å². The summed E-state index contributed by atoms with van der Waals surface area (Å²) in [6.07, 6.45) is 0. The van der Waals surface area contributed by atoms with Crippen molar-refractivity contribution in [2.45, 2.75) is 0 Å². The Balaban J connectivity index is 2.57. The van der Waals surface area contributed by atoms with Gasteiger partial charge in [-0.3, -0.25) is 4.84 Å². The third-order valence-electron chi connectivity index (χ3n) is 1.94. The lowest BCUT2D eigenvalue weighted by Gasteiger charge is -2.13. The van der Waals surface area contributed by atoms with Gasteiger partial charge in [0.05, 0.1) is 7.11 Å². The van der Waals surface area contributed by atoms with E-state index in [2.05, 4.69) is 0 Å². The molecule has 1 aromatic carbocycles. The molecule has 66 valence electrons. The average Bonchev–Trinajstić information content (AvgIpc) is 2.41. The lowest BCUT2D eigenvalue weighted by molar-refractivity contribution is 0.00898. The maximum Gasteiger partial charge on any atom is 0.141 e.